The van der Waals surface area contributed by atoms with Gasteiger partial charge in [-0.3, -0.25) is 4.79 Å². The molecule has 0 saturated heterocycles. The Morgan fingerprint density at radius 1 is 1.17 bits per heavy atom. The summed E-state index contributed by atoms with van der Waals surface area (Å²) in [5.41, 5.74) is 1.57. The Morgan fingerprint density at radius 3 is 2.28 bits per heavy atom. The molecule has 1 aromatic rings. The highest BCUT2D eigenvalue weighted by atomic mass is 35.5. The first kappa shape index (κ1) is 14.7. The molecule has 1 aromatic heterocycles. The summed E-state index contributed by atoms with van der Waals surface area (Å²) in [6.45, 7) is 9.27. The minimum absolute atomic E-state index is 0.0962. The van der Waals surface area contributed by atoms with Crippen LogP contribution in [0.3, 0.4) is 0 Å². The van der Waals surface area contributed by atoms with Crippen molar-refractivity contribution in [2.24, 2.45) is 0 Å². The first-order valence-corrected chi connectivity index (χ1v) is 6.26. The van der Waals surface area contributed by atoms with Crippen LogP contribution in [0.2, 0.25) is 5.15 Å². The molecule has 0 aliphatic carbocycles. The van der Waals surface area contributed by atoms with E-state index < -0.39 is 6.04 Å². The molecule has 1 heterocycles. The number of hydrogen-bond donors (Lipinski definition) is 2. The van der Waals surface area contributed by atoms with E-state index >= 15 is 0 Å². The second kappa shape index (κ2) is 6.00. The quantitative estimate of drug-likeness (QED) is 0.879. The van der Waals surface area contributed by atoms with Gasteiger partial charge in [0.1, 0.15) is 6.04 Å². The van der Waals surface area contributed by atoms with Crippen LogP contribution < -0.4 is 10.6 Å². The monoisotopic (exact) mass is 270 g/mol. The van der Waals surface area contributed by atoms with Crippen molar-refractivity contribution in [3.05, 3.63) is 16.5 Å². The van der Waals surface area contributed by atoms with E-state index in [-0.39, 0.29) is 17.1 Å². The van der Waals surface area contributed by atoms with Gasteiger partial charge in [0.15, 0.2) is 11.0 Å². The lowest BCUT2D eigenvalue weighted by atomic mass is 10.3. The van der Waals surface area contributed by atoms with Crippen molar-refractivity contribution in [1.29, 1.82) is 0 Å². The van der Waals surface area contributed by atoms with E-state index in [1.165, 1.54) is 0 Å². The number of nitrogens with zero attached hydrogens (tertiary/aromatic N) is 2. The number of carbonyl (C=O) groups excluding carboxylic acids is 1. The molecule has 5 nitrogen and oxygen atoms in total. The number of aromatic nitrogens is 2. The van der Waals surface area contributed by atoms with E-state index in [1.807, 2.05) is 27.7 Å². The first-order chi connectivity index (χ1) is 8.31. The van der Waals surface area contributed by atoms with Crippen LogP contribution in [0.15, 0.2) is 0 Å². The van der Waals surface area contributed by atoms with Gasteiger partial charge in [-0.1, -0.05) is 11.6 Å². The molecule has 0 aliphatic heterocycles. The van der Waals surface area contributed by atoms with Crippen LogP contribution in [0.1, 0.15) is 32.2 Å². The van der Waals surface area contributed by atoms with E-state index in [2.05, 4.69) is 20.6 Å². The molecular weight excluding hydrogens is 252 g/mol. The van der Waals surface area contributed by atoms with Gasteiger partial charge in [-0.2, -0.15) is 0 Å². The Balaban J connectivity index is 2.79. The van der Waals surface area contributed by atoms with Crippen LogP contribution in [0.5, 0.6) is 0 Å². The SMILES string of the molecule is Cc1nc(Cl)c(NC(C)C(=O)NC(C)C)nc1C. The Hall–Kier alpha value is -1.36. The molecule has 1 amide bonds. The Bertz CT molecular complexity index is 448. The molecule has 100 valence electrons. The molecule has 1 atom stereocenters. The van der Waals surface area contributed by atoms with E-state index in [9.17, 15) is 4.79 Å². The zero-order valence-electron chi connectivity index (χ0n) is 11.3. The van der Waals surface area contributed by atoms with Gasteiger partial charge in [0.25, 0.3) is 0 Å². The number of amides is 1. The number of hydrogen-bond acceptors (Lipinski definition) is 4. The minimum Gasteiger partial charge on any atom is -0.356 e. The lowest BCUT2D eigenvalue weighted by Crippen LogP contribution is -2.41. The maximum Gasteiger partial charge on any atom is 0.242 e. The van der Waals surface area contributed by atoms with Gasteiger partial charge >= 0.3 is 0 Å². The number of rotatable bonds is 4. The summed E-state index contributed by atoms with van der Waals surface area (Å²) in [4.78, 5) is 20.2. The van der Waals surface area contributed by atoms with Crippen molar-refractivity contribution in [3.63, 3.8) is 0 Å². The average molecular weight is 271 g/mol. The highest BCUT2D eigenvalue weighted by Gasteiger charge is 2.16. The van der Waals surface area contributed by atoms with Gasteiger partial charge in [-0.05, 0) is 34.6 Å². The zero-order valence-corrected chi connectivity index (χ0v) is 12.1. The highest BCUT2D eigenvalue weighted by Crippen LogP contribution is 2.19. The van der Waals surface area contributed by atoms with Gasteiger partial charge in [0.05, 0.1) is 11.4 Å². The van der Waals surface area contributed by atoms with Crippen LogP contribution in [0, 0.1) is 13.8 Å². The van der Waals surface area contributed by atoms with Crippen LogP contribution >= 0.6 is 11.6 Å². The van der Waals surface area contributed by atoms with Gasteiger partial charge in [0.2, 0.25) is 5.91 Å². The molecule has 18 heavy (non-hydrogen) atoms. The van der Waals surface area contributed by atoms with Gasteiger partial charge in [0, 0.05) is 6.04 Å². The molecular formula is C12H19ClN4O. The normalized spacial score (nSPS) is 12.4. The summed E-state index contributed by atoms with van der Waals surface area (Å²) in [6.07, 6.45) is 0. The van der Waals surface area contributed by atoms with Crippen LogP contribution in [0.25, 0.3) is 0 Å². The summed E-state index contributed by atoms with van der Waals surface area (Å²) in [7, 11) is 0. The molecule has 0 aromatic carbocycles. The van der Waals surface area contributed by atoms with Gasteiger partial charge in [-0.25, -0.2) is 9.97 Å². The third-order valence-electron chi connectivity index (χ3n) is 2.44. The Kier molecular flexibility index (Phi) is 4.90. The van der Waals surface area contributed by atoms with Crippen molar-refractivity contribution in [1.82, 2.24) is 15.3 Å². The van der Waals surface area contributed by atoms with Crippen molar-refractivity contribution in [3.8, 4) is 0 Å². The highest BCUT2D eigenvalue weighted by molar-refractivity contribution is 6.31. The van der Waals surface area contributed by atoms with Crippen LogP contribution in [-0.2, 0) is 4.79 Å². The van der Waals surface area contributed by atoms with Crippen molar-refractivity contribution in [2.75, 3.05) is 5.32 Å². The maximum absolute atomic E-state index is 11.8. The molecule has 1 rings (SSSR count). The molecule has 2 N–H and O–H groups in total. The topological polar surface area (TPSA) is 66.9 Å². The fourth-order valence-electron chi connectivity index (χ4n) is 1.35. The number of nitrogens with one attached hydrogen (secondary N) is 2. The number of halogens is 1. The lowest BCUT2D eigenvalue weighted by Gasteiger charge is -2.17. The van der Waals surface area contributed by atoms with E-state index in [0.29, 0.717) is 5.82 Å². The predicted octanol–water partition coefficient (Wildman–Crippen LogP) is 2.07. The lowest BCUT2D eigenvalue weighted by molar-refractivity contribution is -0.122. The van der Waals surface area contributed by atoms with E-state index in [0.717, 1.165) is 11.4 Å². The fraction of sp³-hybridized carbons (Fsp3) is 0.583. The summed E-state index contributed by atoms with van der Waals surface area (Å²) in [6, 6.07) is -0.315. The average Bonchev–Trinajstić information content (AvgIpc) is 2.24. The summed E-state index contributed by atoms with van der Waals surface area (Å²) in [5, 5.41) is 6.06. The van der Waals surface area contributed by atoms with Crippen LogP contribution in [0.4, 0.5) is 5.82 Å². The minimum atomic E-state index is -0.415. The summed E-state index contributed by atoms with van der Waals surface area (Å²) in [5.74, 6) is 0.340. The Labute approximate surface area is 112 Å². The third-order valence-corrected chi connectivity index (χ3v) is 2.71. The Morgan fingerprint density at radius 2 is 1.72 bits per heavy atom. The second-order valence-electron chi connectivity index (χ2n) is 4.56. The smallest absolute Gasteiger partial charge is 0.242 e. The van der Waals surface area contributed by atoms with Crippen LogP contribution in [-0.4, -0.2) is 28.0 Å². The van der Waals surface area contributed by atoms with E-state index in [4.69, 9.17) is 11.6 Å². The van der Waals surface area contributed by atoms with Crippen molar-refractivity contribution >= 4 is 23.3 Å². The molecule has 6 heteroatoms. The number of aryl methyl sites for hydroxylation is 2. The first-order valence-electron chi connectivity index (χ1n) is 5.89. The summed E-state index contributed by atoms with van der Waals surface area (Å²) >= 11 is 5.99. The predicted molar refractivity (Wildman–Crippen MR) is 72.9 cm³/mol. The van der Waals surface area contributed by atoms with E-state index in [1.54, 1.807) is 6.92 Å². The standard InChI is InChI=1S/C12H19ClN4O/c1-6(2)14-12(18)9(5)17-11-10(13)15-7(3)8(4)16-11/h6,9H,1-5H3,(H,14,18)(H,16,17). The number of carbonyl (C=O) groups is 1. The zero-order chi connectivity index (χ0) is 13.9. The second-order valence-corrected chi connectivity index (χ2v) is 4.92. The molecule has 1 unspecified atom stereocenters. The molecule has 0 spiro atoms. The molecule has 0 radical (unpaired) electrons. The third kappa shape index (κ3) is 3.84. The molecule has 0 saturated carbocycles. The largest absolute Gasteiger partial charge is 0.356 e. The van der Waals surface area contributed by atoms with Gasteiger partial charge in [-0.15, -0.1) is 0 Å². The summed E-state index contributed by atoms with van der Waals surface area (Å²) < 4.78 is 0. The maximum atomic E-state index is 11.8. The van der Waals surface area contributed by atoms with Crippen molar-refractivity contribution < 1.29 is 4.79 Å². The number of anilines is 1. The molecule has 0 bridgehead atoms. The molecule has 0 aliphatic rings. The van der Waals surface area contributed by atoms with Crippen molar-refractivity contribution in [2.45, 2.75) is 46.7 Å². The van der Waals surface area contributed by atoms with Gasteiger partial charge < -0.3 is 10.6 Å². The molecule has 0 fully saturated rings. The fourth-order valence-corrected chi connectivity index (χ4v) is 1.57.